The Kier molecular flexibility index (Phi) is 13.5. The average Bonchev–Trinajstić information content (AvgIpc) is 3.55. The maximum Gasteiger partial charge on any atom is 0.416 e. The number of thioether (sulfide) groups is 1. The highest BCUT2D eigenvalue weighted by molar-refractivity contribution is 8.15. The second kappa shape index (κ2) is 18.8. The predicted octanol–water partition coefficient (Wildman–Crippen LogP) is 8.43. The summed E-state index contributed by atoms with van der Waals surface area (Å²) in [5, 5.41) is 23.9. The number of aromatic hydroxyl groups is 1. The molecule has 2 aliphatic rings. The molecule has 4 N–H and O–H groups in total. The Morgan fingerprint density at radius 3 is 2.07 bits per heavy atom. The number of β-lactam (4-membered cyclic amide) rings is 1. The molecule has 60 heavy (non-hydrogen) atoms. The molecule has 0 spiro atoms. The Labute approximate surface area is 345 Å². The minimum absolute atomic E-state index is 0.0275. The van der Waals surface area contributed by atoms with Crippen molar-refractivity contribution >= 4 is 40.4 Å². The molecule has 0 aromatic heterocycles. The van der Waals surface area contributed by atoms with E-state index >= 15 is 0 Å². The maximum absolute atomic E-state index is 13.3. The number of aliphatic hydroxyl groups is 1. The first-order valence-electron chi connectivity index (χ1n) is 18.5. The van der Waals surface area contributed by atoms with Crippen LogP contribution in [-0.2, 0) is 28.7 Å². The summed E-state index contributed by atoms with van der Waals surface area (Å²) in [6.45, 7) is 0.0275. The standard InChI is InChI=1S/C24H21F2NO3.C20H17F3N2O4S/c25-17-5-1-15(2-6-17)22(29)14-13-21-23(16-3-11-20(28)12-4-16)27(24(21)30)19-9-7-18(26)8-10-19;1-29-15-7-4-12(9-16-18(27)25-19(28)30-16)8-14(15)17(26)24-10-11-2-5-13(6-3-11)20(21,22)23/h1-12,21-23,28-29H,13-14H2;2-8,16H,9-10H2,1H3,(H,24,26)(H,25,27,28)/t21-,22+,23-;/m1./s1. The number of ether oxygens (including phenoxy) is 1. The summed E-state index contributed by atoms with van der Waals surface area (Å²) in [6.07, 6.45) is -4.20. The van der Waals surface area contributed by atoms with E-state index in [0.29, 0.717) is 41.0 Å². The van der Waals surface area contributed by atoms with Crippen LogP contribution >= 0.6 is 11.8 Å². The van der Waals surface area contributed by atoms with E-state index in [2.05, 4.69) is 10.6 Å². The monoisotopic (exact) mass is 847 g/mol. The molecule has 2 aliphatic heterocycles. The fourth-order valence-electron chi connectivity index (χ4n) is 6.85. The van der Waals surface area contributed by atoms with Crippen LogP contribution in [0, 0.1) is 17.6 Å². The zero-order chi connectivity index (χ0) is 43.1. The maximum atomic E-state index is 13.3. The average molecular weight is 848 g/mol. The summed E-state index contributed by atoms with van der Waals surface area (Å²) < 4.78 is 69.6. The Balaban J connectivity index is 0.000000201. The summed E-state index contributed by atoms with van der Waals surface area (Å²) in [4.78, 5) is 50.2. The molecule has 0 bridgehead atoms. The molecule has 0 saturated carbocycles. The van der Waals surface area contributed by atoms with Crippen molar-refractivity contribution < 1.29 is 56.1 Å². The largest absolute Gasteiger partial charge is 0.508 e. The van der Waals surface area contributed by atoms with Crippen LogP contribution in [0.5, 0.6) is 11.5 Å². The second-order valence-corrected chi connectivity index (χ2v) is 15.1. The van der Waals surface area contributed by atoms with Crippen molar-refractivity contribution in [3.05, 3.63) is 160 Å². The Hall–Kier alpha value is -6.26. The quantitative estimate of drug-likeness (QED) is 0.0724. The first-order chi connectivity index (χ1) is 28.6. The molecule has 4 atom stereocenters. The lowest BCUT2D eigenvalue weighted by Gasteiger charge is -2.48. The van der Waals surface area contributed by atoms with Crippen molar-refractivity contribution in [1.29, 1.82) is 0 Å². The number of nitrogens with zero attached hydrogens (tertiary/aromatic N) is 1. The number of imide groups is 1. The number of amides is 4. The van der Waals surface area contributed by atoms with Gasteiger partial charge < -0.3 is 25.2 Å². The number of aliphatic hydroxyl groups excluding tert-OH is 1. The molecule has 5 aromatic carbocycles. The Morgan fingerprint density at radius 1 is 0.867 bits per heavy atom. The number of carbonyl (C=O) groups excluding carboxylic acids is 4. The van der Waals surface area contributed by atoms with Crippen LogP contribution in [-0.4, -0.2) is 45.5 Å². The number of rotatable bonds is 12. The number of hydrogen-bond acceptors (Lipinski definition) is 8. The van der Waals surface area contributed by atoms with Crippen LogP contribution in [0.15, 0.2) is 115 Å². The van der Waals surface area contributed by atoms with Gasteiger partial charge in [0, 0.05) is 12.2 Å². The first kappa shape index (κ1) is 43.3. The number of hydrogen-bond donors (Lipinski definition) is 4. The van der Waals surface area contributed by atoms with E-state index < -0.39 is 34.2 Å². The molecule has 10 nitrogen and oxygen atoms in total. The minimum atomic E-state index is -4.42. The van der Waals surface area contributed by atoms with Crippen LogP contribution in [0.4, 0.5) is 32.4 Å². The van der Waals surface area contributed by atoms with Gasteiger partial charge in [0.15, 0.2) is 0 Å². The fraction of sp³-hybridized carbons (Fsp3) is 0.227. The summed E-state index contributed by atoms with van der Waals surface area (Å²) >= 11 is 0.892. The molecule has 5 aromatic rings. The van der Waals surface area contributed by atoms with Gasteiger partial charge in [-0.05, 0) is 114 Å². The molecule has 0 radical (unpaired) electrons. The van der Waals surface area contributed by atoms with Gasteiger partial charge in [-0.15, -0.1) is 0 Å². The van der Waals surface area contributed by atoms with Crippen LogP contribution < -0.4 is 20.3 Å². The number of benzene rings is 5. The summed E-state index contributed by atoms with van der Waals surface area (Å²) in [5.41, 5.74) is 2.66. The van der Waals surface area contributed by atoms with E-state index in [1.54, 1.807) is 59.5 Å². The lowest BCUT2D eigenvalue weighted by atomic mass is 9.78. The third-order valence-electron chi connectivity index (χ3n) is 9.99. The molecular weight excluding hydrogens is 810 g/mol. The van der Waals surface area contributed by atoms with Gasteiger partial charge in [-0.1, -0.05) is 54.2 Å². The van der Waals surface area contributed by atoms with E-state index in [9.17, 15) is 51.3 Å². The molecule has 2 heterocycles. The van der Waals surface area contributed by atoms with Crippen molar-refractivity contribution in [2.75, 3.05) is 12.0 Å². The van der Waals surface area contributed by atoms with Gasteiger partial charge in [0.05, 0.1) is 41.6 Å². The molecule has 0 aliphatic carbocycles. The van der Waals surface area contributed by atoms with Crippen molar-refractivity contribution in [3.8, 4) is 11.5 Å². The van der Waals surface area contributed by atoms with Crippen LogP contribution in [0.25, 0.3) is 0 Å². The predicted molar refractivity (Wildman–Crippen MR) is 213 cm³/mol. The van der Waals surface area contributed by atoms with Crippen molar-refractivity contribution in [2.45, 2.75) is 49.4 Å². The Bertz CT molecular complexity index is 2330. The van der Waals surface area contributed by atoms with Gasteiger partial charge in [-0.25, -0.2) is 8.78 Å². The zero-order valence-corrected chi connectivity index (χ0v) is 32.6. The van der Waals surface area contributed by atoms with E-state index in [1.165, 1.54) is 55.6 Å². The number of methoxy groups -OCH3 is 1. The van der Waals surface area contributed by atoms with Crippen LogP contribution in [0.2, 0.25) is 0 Å². The summed E-state index contributed by atoms with van der Waals surface area (Å²) in [5.74, 6) is -1.65. The lowest BCUT2D eigenvalue weighted by Crippen LogP contribution is -2.55. The number of carbonyl (C=O) groups is 4. The molecule has 312 valence electrons. The van der Waals surface area contributed by atoms with Crippen LogP contribution in [0.1, 0.15) is 63.2 Å². The van der Waals surface area contributed by atoms with Gasteiger partial charge >= 0.3 is 6.18 Å². The van der Waals surface area contributed by atoms with Gasteiger partial charge in [0.1, 0.15) is 23.1 Å². The molecule has 2 saturated heterocycles. The first-order valence-corrected chi connectivity index (χ1v) is 19.4. The van der Waals surface area contributed by atoms with Gasteiger partial charge in [-0.3, -0.25) is 24.5 Å². The third-order valence-corrected chi connectivity index (χ3v) is 11.0. The Morgan fingerprint density at radius 2 is 1.48 bits per heavy atom. The van der Waals surface area contributed by atoms with Gasteiger partial charge in [0.2, 0.25) is 11.8 Å². The van der Waals surface area contributed by atoms with Crippen LogP contribution in [0.3, 0.4) is 0 Å². The molecule has 16 heteroatoms. The number of phenolic OH excluding ortho intramolecular Hbond substituents is 1. The third kappa shape index (κ3) is 10.5. The van der Waals surface area contributed by atoms with Gasteiger partial charge in [-0.2, -0.15) is 13.2 Å². The molecule has 2 fully saturated rings. The van der Waals surface area contributed by atoms with E-state index in [0.717, 1.165) is 29.5 Å². The zero-order valence-electron chi connectivity index (χ0n) is 31.8. The normalized spacial score (nSPS) is 17.9. The van der Waals surface area contributed by atoms with E-state index in [1.807, 2.05) is 0 Å². The van der Waals surface area contributed by atoms with Crippen molar-refractivity contribution in [3.63, 3.8) is 0 Å². The van der Waals surface area contributed by atoms with E-state index in [-0.39, 0.29) is 59.7 Å². The van der Waals surface area contributed by atoms with Crippen molar-refractivity contribution in [2.24, 2.45) is 5.92 Å². The van der Waals surface area contributed by atoms with E-state index in [4.69, 9.17) is 4.74 Å². The number of phenols is 1. The second-order valence-electron chi connectivity index (χ2n) is 14.0. The molecule has 7 rings (SSSR count). The highest BCUT2D eigenvalue weighted by Gasteiger charge is 2.48. The lowest BCUT2D eigenvalue weighted by molar-refractivity contribution is -0.137. The molecule has 1 unspecified atom stereocenters. The number of halogens is 5. The topological polar surface area (TPSA) is 145 Å². The molecular formula is C44H38F5N3O7S. The number of alkyl halides is 3. The highest BCUT2D eigenvalue weighted by Crippen LogP contribution is 2.46. The summed E-state index contributed by atoms with van der Waals surface area (Å²) in [7, 11) is 1.40. The smallest absolute Gasteiger partial charge is 0.416 e. The SMILES string of the molecule is COc1ccc(CC2SC(=O)NC2=O)cc1C(=O)NCc1ccc(C(F)(F)F)cc1.O=C1[C@H](CC[C@H](O)c2ccc(F)cc2)[C@@H](c2ccc(O)cc2)N1c1ccc(F)cc1. The number of nitrogens with one attached hydrogen (secondary N) is 2. The number of anilines is 1. The molecule has 4 amide bonds. The fourth-order valence-corrected chi connectivity index (χ4v) is 7.71. The summed E-state index contributed by atoms with van der Waals surface area (Å²) in [6, 6.07) is 27.1. The highest BCUT2D eigenvalue weighted by atomic mass is 32.2. The minimum Gasteiger partial charge on any atom is -0.508 e. The van der Waals surface area contributed by atoms with Gasteiger partial charge in [0.25, 0.3) is 11.1 Å². The van der Waals surface area contributed by atoms with Crippen molar-refractivity contribution in [1.82, 2.24) is 10.6 Å².